The number of piperazine rings is 1. The Kier molecular flexibility index (Phi) is 7.62. The van der Waals surface area contributed by atoms with Gasteiger partial charge in [0.1, 0.15) is 0 Å². The maximum Gasteiger partial charge on any atom is 0.418 e. The number of hydrogen-bond donors (Lipinski definition) is 1. The summed E-state index contributed by atoms with van der Waals surface area (Å²) >= 11 is 1.26. The first-order valence-electron chi connectivity index (χ1n) is 10.3. The lowest BCUT2D eigenvalue weighted by molar-refractivity contribution is -0.137. The van der Waals surface area contributed by atoms with E-state index in [0.29, 0.717) is 31.3 Å². The maximum absolute atomic E-state index is 13.1. The second kappa shape index (κ2) is 10.1. The molecule has 0 spiro atoms. The number of aromatic nitrogens is 4. The lowest BCUT2D eigenvalue weighted by atomic mass is 10.1. The van der Waals surface area contributed by atoms with Gasteiger partial charge in [0.05, 0.1) is 29.1 Å². The lowest BCUT2D eigenvalue weighted by Crippen LogP contribution is -2.51. The molecule has 0 unspecified atom stereocenters. The van der Waals surface area contributed by atoms with Crippen LogP contribution in [0.3, 0.4) is 0 Å². The molecule has 1 aliphatic rings. The Bertz CT molecular complexity index is 983. The minimum Gasteiger partial charge on any atom is -0.339 e. The van der Waals surface area contributed by atoms with Crippen LogP contribution in [-0.4, -0.2) is 80.3 Å². The number of nitrogens with one attached hydrogen (secondary N) is 1. The Morgan fingerprint density at radius 1 is 1.09 bits per heavy atom. The van der Waals surface area contributed by atoms with Gasteiger partial charge in [-0.05, 0) is 43.3 Å². The van der Waals surface area contributed by atoms with Gasteiger partial charge in [-0.15, -0.1) is 5.10 Å². The summed E-state index contributed by atoms with van der Waals surface area (Å²) in [6, 6.07) is 4.87. The molecule has 1 aromatic carbocycles. The van der Waals surface area contributed by atoms with Crippen molar-refractivity contribution in [2.45, 2.75) is 37.6 Å². The van der Waals surface area contributed by atoms with Crippen molar-refractivity contribution < 1.29 is 22.8 Å². The number of alkyl halides is 3. The monoisotopic (exact) mass is 485 g/mol. The van der Waals surface area contributed by atoms with Crippen LogP contribution in [0.4, 0.5) is 18.9 Å². The molecule has 1 N–H and O–H groups in total. The number of amides is 2. The molecule has 0 radical (unpaired) electrons. The molecular weight excluding hydrogens is 459 g/mol. The fraction of sp³-hybridized carbons (Fsp3) is 0.550. The molecular formula is C20H26F3N7O2S. The quantitative estimate of drug-likeness (QED) is 0.628. The van der Waals surface area contributed by atoms with Gasteiger partial charge >= 0.3 is 6.18 Å². The van der Waals surface area contributed by atoms with Crippen LogP contribution in [0, 0.1) is 0 Å². The van der Waals surface area contributed by atoms with E-state index in [-0.39, 0.29) is 29.4 Å². The van der Waals surface area contributed by atoms with Crippen LogP contribution in [0.25, 0.3) is 0 Å². The Morgan fingerprint density at radius 3 is 2.39 bits per heavy atom. The molecule has 2 aromatic rings. The number of carbonyl (C=O) groups is 2. The van der Waals surface area contributed by atoms with Gasteiger partial charge in [-0.2, -0.15) is 13.2 Å². The molecule has 0 saturated carbocycles. The highest BCUT2D eigenvalue weighted by molar-refractivity contribution is 7.99. The number of halogens is 3. The third kappa shape index (κ3) is 6.67. The second-order valence-electron chi connectivity index (χ2n) is 8.58. The summed E-state index contributed by atoms with van der Waals surface area (Å²) in [6.45, 7) is 7.59. The lowest BCUT2D eigenvalue weighted by Gasteiger charge is -2.34. The summed E-state index contributed by atoms with van der Waals surface area (Å²) in [7, 11) is 0. The van der Waals surface area contributed by atoms with E-state index in [9.17, 15) is 22.8 Å². The van der Waals surface area contributed by atoms with Crippen molar-refractivity contribution in [3.8, 4) is 0 Å². The number of tetrazole rings is 1. The normalized spacial score (nSPS) is 15.5. The molecule has 9 nitrogen and oxygen atoms in total. The van der Waals surface area contributed by atoms with E-state index in [1.807, 2.05) is 25.7 Å². The van der Waals surface area contributed by atoms with E-state index in [1.165, 1.54) is 30.0 Å². The minimum absolute atomic E-state index is 0.0523. The Labute approximate surface area is 193 Å². The molecule has 180 valence electrons. The average molecular weight is 486 g/mol. The average Bonchev–Trinajstić information content (AvgIpc) is 3.21. The summed E-state index contributed by atoms with van der Waals surface area (Å²) in [5.74, 6) is -0.409. The molecule has 1 aromatic heterocycles. The number of nitrogens with zero attached hydrogens (tertiary/aromatic N) is 6. The highest BCUT2D eigenvalue weighted by Gasteiger charge is 2.33. The highest BCUT2D eigenvalue weighted by atomic mass is 32.2. The van der Waals surface area contributed by atoms with Gasteiger partial charge in [-0.1, -0.05) is 23.9 Å². The van der Waals surface area contributed by atoms with Gasteiger partial charge in [-0.3, -0.25) is 14.5 Å². The fourth-order valence-corrected chi connectivity index (χ4v) is 4.26. The number of thioether (sulfide) groups is 1. The van der Waals surface area contributed by atoms with Crippen LogP contribution in [0.5, 0.6) is 0 Å². The van der Waals surface area contributed by atoms with E-state index in [1.54, 1.807) is 9.58 Å². The maximum atomic E-state index is 13.1. The molecule has 0 atom stereocenters. The zero-order valence-corrected chi connectivity index (χ0v) is 19.4. The number of benzene rings is 1. The standard InChI is InChI=1S/C20H26F3N7O2S/c1-19(2,3)30-18(25-26-27-30)33-13-17(32)29-10-8-28(9-11-29)12-16(31)24-15-7-5-4-6-14(15)20(21,22)23/h4-7H,8-13H2,1-3H3,(H,24,31). The zero-order chi connectivity index (χ0) is 24.2. The Morgan fingerprint density at radius 2 is 1.76 bits per heavy atom. The first kappa shape index (κ1) is 25.0. The summed E-state index contributed by atoms with van der Waals surface area (Å²) in [6.07, 6.45) is -4.55. The van der Waals surface area contributed by atoms with Gasteiger partial charge in [0.15, 0.2) is 0 Å². The second-order valence-corrected chi connectivity index (χ2v) is 9.52. The van der Waals surface area contributed by atoms with Crippen LogP contribution >= 0.6 is 11.8 Å². The van der Waals surface area contributed by atoms with Gasteiger partial charge in [0, 0.05) is 26.2 Å². The van der Waals surface area contributed by atoms with Crippen molar-refractivity contribution >= 4 is 29.3 Å². The number of rotatable bonds is 6. The highest BCUT2D eigenvalue weighted by Crippen LogP contribution is 2.34. The van der Waals surface area contributed by atoms with Crippen LogP contribution in [0.15, 0.2) is 29.4 Å². The molecule has 33 heavy (non-hydrogen) atoms. The smallest absolute Gasteiger partial charge is 0.339 e. The van der Waals surface area contributed by atoms with Crippen molar-refractivity contribution in [2.24, 2.45) is 0 Å². The number of anilines is 1. The largest absolute Gasteiger partial charge is 0.418 e. The van der Waals surface area contributed by atoms with Crippen molar-refractivity contribution in [3.05, 3.63) is 29.8 Å². The first-order valence-corrected chi connectivity index (χ1v) is 11.3. The summed E-state index contributed by atoms with van der Waals surface area (Å²) in [4.78, 5) is 28.4. The molecule has 1 aliphatic heterocycles. The summed E-state index contributed by atoms with van der Waals surface area (Å²) in [5.41, 5.74) is -1.45. The third-order valence-electron chi connectivity index (χ3n) is 5.00. The van der Waals surface area contributed by atoms with Gasteiger partial charge in [0.2, 0.25) is 17.0 Å². The molecule has 1 saturated heterocycles. The van der Waals surface area contributed by atoms with Crippen molar-refractivity contribution in [3.63, 3.8) is 0 Å². The van der Waals surface area contributed by atoms with E-state index in [4.69, 9.17) is 0 Å². The summed E-state index contributed by atoms with van der Waals surface area (Å²) < 4.78 is 41.0. The van der Waals surface area contributed by atoms with Crippen molar-refractivity contribution in [2.75, 3.05) is 43.8 Å². The van der Waals surface area contributed by atoms with Crippen LogP contribution in [0.2, 0.25) is 0 Å². The van der Waals surface area contributed by atoms with E-state index < -0.39 is 17.6 Å². The Hall–Kier alpha value is -2.67. The summed E-state index contributed by atoms with van der Waals surface area (Å²) in [5, 5.41) is 14.5. The van der Waals surface area contributed by atoms with Crippen molar-refractivity contribution in [1.29, 1.82) is 0 Å². The minimum atomic E-state index is -4.55. The van der Waals surface area contributed by atoms with Gasteiger partial charge in [0.25, 0.3) is 0 Å². The third-order valence-corrected chi connectivity index (χ3v) is 5.90. The molecule has 2 amide bonds. The molecule has 0 aliphatic carbocycles. The molecule has 3 rings (SSSR count). The zero-order valence-electron chi connectivity index (χ0n) is 18.6. The number of para-hydroxylation sites is 1. The molecule has 0 bridgehead atoms. The first-order chi connectivity index (χ1) is 15.4. The van der Waals surface area contributed by atoms with E-state index >= 15 is 0 Å². The van der Waals surface area contributed by atoms with Gasteiger partial charge < -0.3 is 10.2 Å². The van der Waals surface area contributed by atoms with Crippen LogP contribution < -0.4 is 5.32 Å². The fourth-order valence-electron chi connectivity index (χ4n) is 3.30. The topological polar surface area (TPSA) is 96.2 Å². The predicted octanol–water partition coefficient (Wildman–Crippen LogP) is 2.32. The Balaban J connectivity index is 1.46. The molecule has 2 heterocycles. The van der Waals surface area contributed by atoms with E-state index in [0.717, 1.165) is 6.07 Å². The van der Waals surface area contributed by atoms with Crippen LogP contribution in [0.1, 0.15) is 26.3 Å². The SMILES string of the molecule is CC(C)(C)n1nnnc1SCC(=O)N1CCN(CC(=O)Nc2ccccc2C(F)(F)F)CC1. The van der Waals surface area contributed by atoms with Crippen LogP contribution in [-0.2, 0) is 21.3 Å². The van der Waals surface area contributed by atoms with Gasteiger partial charge in [-0.25, -0.2) is 4.68 Å². The predicted molar refractivity (Wildman–Crippen MR) is 117 cm³/mol. The number of hydrogen-bond acceptors (Lipinski definition) is 7. The number of carbonyl (C=O) groups excluding carboxylic acids is 2. The molecule has 1 fully saturated rings. The van der Waals surface area contributed by atoms with Crippen molar-refractivity contribution in [1.82, 2.24) is 30.0 Å². The molecule has 13 heteroatoms. The van der Waals surface area contributed by atoms with E-state index in [2.05, 4.69) is 20.8 Å².